The third kappa shape index (κ3) is 3.84. The number of fused-ring (bicyclic) bond motifs is 2. The number of amides is 1. The predicted octanol–water partition coefficient (Wildman–Crippen LogP) is 4.80. The molecule has 0 unspecified atom stereocenters. The first-order valence-electron chi connectivity index (χ1n) is 10.8. The van der Waals surface area contributed by atoms with Crippen LogP contribution < -0.4 is 10.6 Å². The van der Waals surface area contributed by atoms with E-state index >= 15 is 0 Å². The van der Waals surface area contributed by atoms with Gasteiger partial charge in [-0.3, -0.25) is 9.20 Å². The van der Waals surface area contributed by atoms with Crippen molar-refractivity contribution in [1.29, 1.82) is 0 Å². The molecule has 152 valence electrons. The van der Waals surface area contributed by atoms with Gasteiger partial charge < -0.3 is 10.6 Å². The average Bonchev–Trinajstić information content (AvgIpc) is 3.31. The Kier molecular flexibility index (Phi) is 5.79. The van der Waals surface area contributed by atoms with Gasteiger partial charge in [-0.2, -0.15) is 0 Å². The number of nitrogens with zero attached hydrogens (tertiary/aromatic N) is 3. The summed E-state index contributed by atoms with van der Waals surface area (Å²) < 4.78 is 2.08. The molecule has 1 aromatic carbocycles. The average molecular weight is 392 g/mol. The van der Waals surface area contributed by atoms with Gasteiger partial charge in [0.25, 0.3) is 5.91 Å². The summed E-state index contributed by atoms with van der Waals surface area (Å²) in [6.07, 6.45) is 13.3. The zero-order chi connectivity index (χ0) is 20.2. The highest BCUT2D eigenvalue weighted by molar-refractivity contribution is 5.98. The molecule has 5 rings (SSSR count). The molecule has 0 spiro atoms. The largest absolute Gasteiger partial charge is 0.364 e. The van der Waals surface area contributed by atoms with Crippen molar-refractivity contribution in [2.24, 2.45) is 0 Å². The van der Waals surface area contributed by atoms with Crippen molar-refractivity contribution < 1.29 is 4.79 Å². The Morgan fingerprint density at radius 3 is 2.69 bits per heavy atom. The lowest BCUT2D eigenvalue weighted by Crippen LogP contribution is -2.19. The van der Waals surface area contributed by atoms with Crippen molar-refractivity contribution in [2.45, 2.75) is 65.0 Å². The maximum Gasteiger partial charge on any atom is 0.251 e. The molecule has 1 fully saturated rings. The Bertz CT molecular complexity index is 1000. The summed E-state index contributed by atoms with van der Waals surface area (Å²) >= 11 is 0. The summed E-state index contributed by atoms with van der Waals surface area (Å²) in [6.45, 7) is 4.59. The van der Waals surface area contributed by atoms with Crippen LogP contribution in [0.5, 0.6) is 0 Å². The van der Waals surface area contributed by atoms with Crippen LogP contribution in [0.2, 0.25) is 0 Å². The number of anilines is 1. The van der Waals surface area contributed by atoms with Crippen molar-refractivity contribution in [2.75, 3.05) is 5.32 Å². The molecular weight excluding hydrogens is 362 g/mol. The highest BCUT2D eigenvalue weighted by Gasteiger charge is 2.20. The fraction of sp³-hybridized carbons (Fsp3) is 0.435. The molecule has 6 heteroatoms. The van der Waals surface area contributed by atoms with Gasteiger partial charge in [-0.05, 0) is 30.5 Å². The fourth-order valence-corrected chi connectivity index (χ4v) is 4.24. The number of hydrogen-bond acceptors (Lipinski definition) is 4. The van der Waals surface area contributed by atoms with Crippen molar-refractivity contribution >= 4 is 17.4 Å². The highest BCUT2D eigenvalue weighted by Crippen LogP contribution is 2.28. The van der Waals surface area contributed by atoms with Crippen LogP contribution in [0.3, 0.4) is 0 Å². The summed E-state index contributed by atoms with van der Waals surface area (Å²) in [5.41, 5.74) is 4.68. The topological polar surface area (TPSA) is 71.3 Å². The zero-order valence-corrected chi connectivity index (χ0v) is 17.2. The number of imidazole rings is 1. The molecule has 3 aromatic rings. The van der Waals surface area contributed by atoms with Crippen LogP contribution in [-0.2, 0) is 6.54 Å². The van der Waals surface area contributed by atoms with Gasteiger partial charge in [-0.1, -0.05) is 45.6 Å². The van der Waals surface area contributed by atoms with Crippen molar-refractivity contribution in [1.82, 2.24) is 19.7 Å². The molecule has 3 heterocycles. The molecule has 2 aromatic heterocycles. The van der Waals surface area contributed by atoms with Gasteiger partial charge in [0.15, 0.2) is 11.5 Å². The smallest absolute Gasteiger partial charge is 0.251 e. The Balaban J connectivity index is 0.000000994. The molecule has 1 amide bonds. The molecule has 1 aliphatic heterocycles. The van der Waals surface area contributed by atoms with E-state index in [1.807, 2.05) is 44.6 Å². The van der Waals surface area contributed by atoms with Crippen molar-refractivity contribution in [3.05, 3.63) is 47.9 Å². The van der Waals surface area contributed by atoms with Gasteiger partial charge in [0, 0.05) is 36.1 Å². The van der Waals surface area contributed by atoms with Crippen LogP contribution in [0.4, 0.5) is 5.82 Å². The first-order valence-corrected chi connectivity index (χ1v) is 10.8. The zero-order valence-electron chi connectivity index (χ0n) is 17.2. The van der Waals surface area contributed by atoms with Crippen LogP contribution in [0.15, 0.2) is 36.8 Å². The molecule has 0 atom stereocenters. The quantitative estimate of drug-likeness (QED) is 0.629. The monoisotopic (exact) mass is 391 g/mol. The molecule has 2 aliphatic rings. The number of carbonyl (C=O) groups excluding carboxylic acids is 1. The van der Waals surface area contributed by atoms with E-state index in [0.29, 0.717) is 12.6 Å². The van der Waals surface area contributed by atoms with E-state index < -0.39 is 0 Å². The number of aromatic nitrogens is 3. The molecule has 1 saturated carbocycles. The van der Waals surface area contributed by atoms with E-state index in [-0.39, 0.29) is 5.91 Å². The third-order valence-corrected chi connectivity index (χ3v) is 5.71. The van der Waals surface area contributed by atoms with Crippen LogP contribution in [0.25, 0.3) is 16.9 Å². The van der Waals surface area contributed by atoms with Gasteiger partial charge in [-0.25, -0.2) is 9.97 Å². The second kappa shape index (κ2) is 8.64. The van der Waals surface area contributed by atoms with Gasteiger partial charge in [-0.15, -0.1) is 0 Å². The summed E-state index contributed by atoms with van der Waals surface area (Å²) in [7, 11) is 0. The molecule has 0 radical (unpaired) electrons. The summed E-state index contributed by atoms with van der Waals surface area (Å²) in [4.78, 5) is 21.1. The maximum absolute atomic E-state index is 11.8. The van der Waals surface area contributed by atoms with Crippen LogP contribution in [-0.4, -0.2) is 26.3 Å². The van der Waals surface area contributed by atoms with Crippen LogP contribution in [0, 0.1) is 0 Å². The van der Waals surface area contributed by atoms with E-state index in [2.05, 4.69) is 26.1 Å². The lowest BCUT2D eigenvalue weighted by molar-refractivity contribution is 0.0966. The second-order valence-electron chi connectivity index (χ2n) is 7.50. The molecule has 2 N–H and O–H groups in total. The molecule has 6 nitrogen and oxygen atoms in total. The van der Waals surface area contributed by atoms with Gasteiger partial charge in [0.1, 0.15) is 0 Å². The first-order chi connectivity index (χ1) is 14.3. The molecule has 0 bridgehead atoms. The van der Waals surface area contributed by atoms with Gasteiger partial charge in [0.2, 0.25) is 0 Å². The van der Waals surface area contributed by atoms with E-state index in [0.717, 1.165) is 33.8 Å². The standard InChI is InChI=1S/C21H23N5O.C2H6/c27-21-17-8-7-14(11-15(17)12-24-21)18-13-23-19(20-22-9-10-26(18)20)25-16-5-3-1-2-4-6-16;1-2/h7-11,13,16H,1-6,12H2,(H,23,25)(H,24,27);1-2H3. The number of rotatable bonds is 3. The molecule has 29 heavy (non-hydrogen) atoms. The van der Waals surface area contributed by atoms with E-state index in [1.165, 1.54) is 38.5 Å². The minimum absolute atomic E-state index is 0.00500. The Labute approximate surface area is 171 Å². The Morgan fingerprint density at radius 2 is 1.90 bits per heavy atom. The number of hydrogen-bond donors (Lipinski definition) is 2. The second-order valence-corrected chi connectivity index (χ2v) is 7.50. The summed E-state index contributed by atoms with van der Waals surface area (Å²) in [5, 5.41) is 6.50. The third-order valence-electron chi connectivity index (χ3n) is 5.71. The van der Waals surface area contributed by atoms with Crippen molar-refractivity contribution in [3.8, 4) is 11.3 Å². The first kappa shape index (κ1) is 19.4. The normalized spacial score (nSPS) is 16.6. The number of nitrogens with one attached hydrogen (secondary N) is 2. The minimum atomic E-state index is 0.00500. The minimum Gasteiger partial charge on any atom is -0.364 e. The summed E-state index contributed by atoms with van der Waals surface area (Å²) in [6, 6.07) is 6.43. The predicted molar refractivity (Wildman–Crippen MR) is 116 cm³/mol. The fourth-order valence-electron chi connectivity index (χ4n) is 4.24. The highest BCUT2D eigenvalue weighted by atomic mass is 16.1. The SMILES string of the molecule is CC.O=C1NCc2cc(-c3cnc(NC4CCCCCC4)c4nccn34)ccc21. The van der Waals surface area contributed by atoms with E-state index in [1.54, 1.807) is 0 Å². The number of benzene rings is 1. The van der Waals surface area contributed by atoms with E-state index in [9.17, 15) is 4.79 Å². The lowest BCUT2D eigenvalue weighted by Gasteiger charge is -2.18. The van der Waals surface area contributed by atoms with Gasteiger partial charge in [0.05, 0.1) is 11.9 Å². The van der Waals surface area contributed by atoms with E-state index in [4.69, 9.17) is 4.98 Å². The Hall–Kier alpha value is -2.89. The molecule has 1 aliphatic carbocycles. The van der Waals surface area contributed by atoms with Crippen LogP contribution >= 0.6 is 0 Å². The molecule has 0 saturated heterocycles. The number of carbonyl (C=O) groups is 1. The van der Waals surface area contributed by atoms with Crippen molar-refractivity contribution in [3.63, 3.8) is 0 Å². The molecular formula is C23H29N5O. The van der Waals surface area contributed by atoms with Gasteiger partial charge >= 0.3 is 0 Å². The summed E-state index contributed by atoms with van der Waals surface area (Å²) in [5.74, 6) is 0.860. The lowest BCUT2D eigenvalue weighted by atomic mass is 10.0. The van der Waals surface area contributed by atoms with Crippen LogP contribution in [0.1, 0.15) is 68.3 Å². The maximum atomic E-state index is 11.8. The Morgan fingerprint density at radius 1 is 1.10 bits per heavy atom.